The van der Waals surface area contributed by atoms with E-state index in [9.17, 15) is 0 Å². The number of guanidine groups is 1. The van der Waals surface area contributed by atoms with Gasteiger partial charge in [-0.3, -0.25) is 0 Å². The molecular formula is C12H19BrIN3S. The Morgan fingerprint density at radius 1 is 1.44 bits per heavy atom. The van der Waals surface area contributed by atoms with Crippen molar-refractivity contribution in [2.24, 2.45) is 10.7 Å². The molecule has 102 valence electrons. The van der Waals surface area contributed by atoms with Gasteiger partial charge in [0.25, 0.3) is 0 Å². The normalized spacial score (nSPS) is 17.3. The number of nitrogens with one attached hydrogen (secondary N) is 1. The summed E-state index contributed by atoms with van der Waals surface area (Å²) in [5.74, 6) is 0.585. The van der Waals surface area contributed by atoms with E-state index in [0.29, 0.717) is 18.5 Å². The van der Waals surface area contributed by atoms with E-state index in [1.54, 1.807) is 11.3 Å². The van der Waals surface area contributed by atoms with E-state index in [4.69, 9.17) is 5.73 Å². The fourth-order valence-electron chi connectivity index (χ4n) is 2.10. The standard InChI is InChI=1S/C12H18BrN3S.HI/c13-9-6-11(17-8-9)7-15-12(14)16-10-4-2-1-3-5-10;/h6,8,10H,1-5,7H2,(H3,14,15,16);1H. The van der Waals surface area contributed by atoms with Crippen molar-refractivity contribution in [2.75, 3.05) is 0 Å². The zero-order valence-corrected chi connectivity index (χ0v) is 14.9. The Morgan fingerprint density at radius 3 is 2.78 bits per heavy atom. The van der Waals surface area contributed by atoms with Crippen molar-refractivity contribution < 1.29 is 0 Å². The van der Waals surface area contributed by atoms with Gasteiger partial charge in [-0.15, -0.1) is 35.3 Å². The highest BCUT2D eigenvalue weighted by molar-refractivity contribution is 14.0. The Bertz CT molecular complexity index is 388. The molecule has 3 N–H and O–H groups in total. The average Bonchev–Trinajstić information content (AvgIpc) is 2.74. The molecule has 0 atom stereocenters. The number of aliphatic imine (C=N–C) groups is 1. The van der Waals surface area contributed by atoms with Crippen LogP contribution < -0.4 is 11.1 Å². The zero-order chi connectivity index (χ0) is 12.1. The Morgan fingerprint density at radius 2 is 2.17 bits per heavy atom. The molecule has 18 heavy (non-hydrogen) atoms. The highest BCUT2D eigenvalue weighted by atomic mass is 127. The molecule has 1 saturated carbocycles. The van der Waals surface area contributed by atoms with Crippen LogP contribution in [-0.2, 0) is 6.54 Å². The number of rotatable bonds is 3. The van der Waals surface area contributed by atoms with Crippen LogP contribution in [0.5, 0.6) is 0 Å². The predicted octanol–water partition coefficient (Wildman–Crippen LogP) is 3.87. The summed E-state index contributed by atoms with van der Waals surface area (Å²) < 4.78 is 1.12. The van der Waals surface area contributed by atoms with Gasteiger partial charge in [0.1, 0.15) is 0 Å². The summed E-state index contributed by atoms with van der Waals surface area (Å²) in [5.41, 5.74) is 5.89. The van der Waals surface area contributed by atoms with Crippen LogP contribution in [0.25, 0.3) is 0 Å². The van der Waals surface area contributed by atoms with Gasteiger partial charge in [-0.05, 0) is 34.8 Å². The highest BCUT2D eigenvalue weighted by Gasteiger charge is 2.13. The Balaban J connectivity index is 0.00000162. The maximum absolute atomic E-state index is 5.89. The second kappa shape index (κ2) is 8.37. The minimum atomic E-state index is 0. The van der Waals surface area contributed by atoms with Crippen LogP contribution in [0, 0.1) is 0 Å². The lowest BCUT2D eigenvalue weighted by atomic mass is 9.96. The zero-order valence-electron chi connectivity index (χ0n) is 10.2. The molecule has 0 spiro atoms. The Labute approximate surface area is 138 Å². The molecule has 0 aromatic carbocycles. The third-order valence-electron chi connectivity index (χ3n) is 2.98. The first-order valence-corrected chi connectivity index (χ1v) is 7.70. The van der Waals surface area contributed by atoms with Crippen LogP contribution >= 0.6 is 51.2 Å². The van der Waals surface area contributed by atoms with Gasteiger partial charge < -0.3 is 11.1 Å². The van der Waals surface area contributed by atoms with Crippen LogP contribution in [0.4, 0.5) is 0 Å². The average molecular weight is 444 g/mol. The van der Waals surface area contributed by atoms with Gasteiger partial charge in [0.15, 0.2) is 5.96 Å². The minimum absolute atomic E-state index is 0. The Kier molecular flexibility index (Phi) is 7.55. The lowest BCUT2D eigenvalue weighted by Crippen LogP contribution is -2.41. The van der Waals surface area contributed by atoms with Gasteiger partial charge >= 0.3 is 0 Å². The van der Waals surface area contributed by atoms with E-state index in [-0.39, 0.29) is 24.0 Å². The molecular weight excluding hydrogens is 425 g/mol. The smallest absolute Gasteiger partial charge is 0.189 e. The molecule has 0 amide bonds. The molecule has 0 saturated heterocycles. The van der Waals surface area contributed by atoms with Crippen molar-refractivity contribution in [3.05, 3.63) is 20.8 Å². The molecule has 1 aromatic rings. The second-order valence-corrected chi connectivity index (χ2v) is 6.32. The molecule has 1 aliphatic carbocycles. The number of halogens is 2. The largest absolute Gasteiger partial charge is 0.370 e. The number of hydrogen-bond acceptors (Lipinski definition) is 2. The maximum atomic E-state index is 5.89. The second-order valence-electron chi connectivity index (χ2n) is 4.41. The SMILES string of the molecule is I.NC(=NCc1cc(Br)cs1)NC1CCCCC1. The van der Waals surface area contributed by atoms with Gasteiger partial charge in [0.2, 0.25) is 0 Å². The molecule has 0 unspecified atom stereocenters. The van der Waals surface area contributed by atoms with Gasteiger partial charge in [-0.2, -0.15) is 0 Å². The van der Waals surface area contributed by atoms with Crippen molar-refractivity contribution in [1.82, 2.24) is 5.32 Å². The Hall–Kier alpha value is 0.180. The quantitative estimate of drug-likeness (QED) is 0.423. The lowest BCUT2D eigenvalue weighted by molar-refractivity contribution is 0.412. The van der Waals surface area contributed by atoms with Crippen LogP contribution in [0.1, 0.15) is 37.0 Å². The summed E-state index contributed by atoms with van der Waals surface area (Å²) in [7, 11) is 0. The molecule has 3 nitrogen and oxygen atoms in total. The number of nitrogens with zero attached hydrogens (tertiary/aromatic N) is 1. The molecule has 6 heteroatoms. The van der Waals surface area contributed by atoms with Crippen molar-refractivity contribution in [2.45, 2.75) is 44.7 Å². The summed E-state index contributed by atoms with van der Waals surface area (Å²) in [6, 6.07) is 2.62. The van der Waals surface area contributed by atoms with Gasteiger partial charge in [0, 0.05) is 20.8 Å². The topological polar surface area (TPSA) is 50.4 Å². The molecule has 1 heterocycles. The lowest BCUT2D eigenvalue weighted by Gasteiger charge is -2.23. The van der Waals surface area contributed by atoms with E-state index in [0.717, 1.165) is 4.47 Å². The monoisotopic (exact) mass is 443 g/mol. The number of thiophene rings is 1. The molecule has 1 fully saturated rings. The van der Waals surface area contributed by atoms with Gasteiger partial charge in [-0.25, -0.2) is 4.99 Å². The predicted molar refractivity (Wildman–Crippen MR) is 92.8 cm³/mol. The van der Waals surface area contributed by atoms with E-state index < -0.39 is 0 Å². The number of hydrogen-bond donors (Lipinski definition) is 2. The van der Waals surface area contributed by atoms with E-state index in [1.807, 2.05) is 0 Å². The van der Waals surface area contributed by atoms with E-state index in [1.165, 1.54) is 37.0 Å². The van der Waals surface area contributed by atoms with Crippen molar-refractivity contribution in [3.63, 3.8) is 0 Å². The van der Waals surface area contributed by atoms with Crippen LogP contribution in [0.3, 0.4) is 0 Å². The van der Waals surface area contributed by atoms with Crippen LogP contribution in [0.15, 0.2) is 20.9 Å². The third-order valence-corrected chi connectivity index (χ3v) is 4.67. The van der Waals surface area contributed by atoms with Gasteiger partial charge in [-0.1, -0.05) is 19.3 Å². The molecule has 0 radical (unpaired) electrons. The third kappa shape index (κ3) is 5.44. The molecule has 0 aliphatic heterocycles. The van der Waals surface area contributed by atoms with Crippen molar-refractivity contribution >= 4 is 57.2 Å². The number of nitrogens with two attached hydrogens (primary N) is 1. The molecule has 2 rings (SSSR count). The fourth-order valence-corrected chi connectivity index (χ4v) is 3.48. The van der Waals surface area contributed by atoms with Gasteiger partial charge in [0.05, 0.1) is 6.54 Å². The molecule has 1 aromatic heterocycles. The summed E-state index contributed by atoms with van der Waals surface area (Å²) in [6.45, 7) is 0.668. The first-order chi connectivity index (χ1) is 8.24. The summed E-state index contributed by atoms with van der Waals surface area (Å²) in [6.07, 6.45) is 6.42. The first kappa shape index (κ1) is 16.2. The van der Waals surface area contributed by atoms with Crippen molar-refractivity contribution in [1.29, 1.82) is 0 Å². The van der Waals surface area contributed by atoms with E-state index in [2.05, 4.69) is 37.7 Å². The minimum Gasteiger partial charge on any atom is -0.370 e. The first-order valence-electron chi connectivity index (χ1n) is 6.03. The van der Waals surface area contributed by atoms with Crippen LogP contribution in [0.2, 0.25) is 0 Å². The summed E-state index contributed by atoms with van der Waals surface area (Å²) in [4.78, 5) is 5.60. The maximum Gasteiger partial charge on any atom is 0.189 e. The van der Waals surface area contributed by atoms with Crippen LogP contribution in [-0.4, -0.2) is 12.0 Å². The fraction of sp³-hybridized carbons (Fsp3) is 0.583. The summed E-state index contributed by atoms with van der Waals surface area (Å²) >= 11 is 5.13. The van der Waals surface area contributed by atoms with Crippen molar-refractivity contribution in [3.8, 4) is 0 Å². The highest BCUT2D eigenvalue weighted by Crippen LogP contribution is 2.20. The van der Waals surface area contributed by atoms with E-state index >= 15 is 0 Å². The molecule has 0 bridgehead atoms. The summed E-state index contributed by atoms with van der Waals surface area (Å²) in [5, 5.41) is 5.38. The molecule has 1 aliphatic rings.